The first kappa shape index (κ1) is 11.2. The summed E-state index contributed by atoms with van der Waals surface area (Å²) in [6.45, 7) is 4.29. The van der Waals surface area contributed by atoms with E-state index in [9.17, 15) is 5.11 Å². The van der Waals surface area contributed by atoms with E-state index in [0.717, 1.165) is 12.0 Å². The number of nitrogens with zero attached hydrogens (tertiary/aromatic N) is 1. The Balaban J connectivity index is 2.55. The predicted molar refractivity (Wildman–Crippen MR) is 61.4 cm³/mol. The molecule has 0 saturated heterocycles. The maximum atomic E-state index is 9.56. The lowest BCUT2D eigenvalue weighted by Crippen LogP contribution is -2.20. The van der Waals surface area contributed by atoms with Crippen molar-refractivity contribution in [3.05, 3.63) is 28.0 Å². The Morgan fingerprint density at radius 1 is 1.33 bits per heavy atom. The molecule has 1 aliphatic carbocycles. The van der Waals surface area contributed by atoms with Crippen LogP contribution in [0.1, 0.15) is 25.8 Å². The molecule has 2 rings (SSSR count). The van der Waals surface area contributed by atoms with Gasteiger partial charge in [-0.15, -0.1) is 0 Å². The highest BCUT2D eigenvalue weighted by Gasteiger charge is 2.63. The molecule has 0 radical (unpaired) electrons. The zero-order valence-electron chi connectivity index (χ0n) is 8.72. The zero-order valence-corrected chi connectivity index (χ0v) is 10.2. The third-order valence-corrected chi connectivity index (χ3v) is 4.09. The number of hydrogen-bond acceptors (Lipinski definition) is 2. The summed E-state index contributed by atoms with van der Waals surface area (Å²) >= 11 is 12.2. The summed E-state index contributed by atoms with van der Waals surface area (Å²) in [5.74, 6) is 0. The molecule has 0 amide bonds. The van der Waals surface area contributed by atoms with Gasteiger partial charge < -0.3 is 5.11 Å². The minimum atomic E-state index is -0.288. The Kier molecular flexibility index (Phi) is 2.49. The molecule has 1 unspecified atom stereocenters. The first-order valence-electron chi connectivity index (χ1n) is 4.85. The van der Waals surface area contributed by atoms with Gasteiger partial charge in [0.25, 0.3) is 0 Å². The second kappa shape index (κ2) is 3.34. The molecule has 1 fully saturated rings. The first-order valence-corrected chi connectivity index (χ1v) is 5.60. The fourth-order valence-electron chi connectivity index (χ4n) is 2.35. The molecule has 1 aromatic rings. The van der Waals surface area contributed by atoms with Crippen LogP contribution in [0.3, 0.4) is 0 Å². The van der Waals surface area contributed by atoms with E-state index in [1.807, 2.05) is 0 Å². The molecule has 1 saturated carbocycles. The van der Waals surface area contributed by atoms with Crippen LogP contribution in [0.2, 0.25) is 10.0 Å². The van der Waals surface area contributed by atoms with Gasteiger partial charge in [-0.25, -0.2) is 0 Å². The van der Waals surface area contributed by atoms with Crippen molar-refractivity contribution in [2.24, 2.45) is 5.41 Å². The summed E-state index contributed by atoms with van der Waals surface area (Å²) in [6.07, 6.45) is 4.06. The van der Waals surface area contributed by atoms with E-state index in [-0.39, 0.29) is 17.4 Å². The molecule has 0 bridgehead atoms. The van der Waals surface area contributed by atoms with Gasteiger partial charge >= 0.3 is 0 Å². The molecule has 4 heteroatoms. The van der Waals surface area contributed by atoms with Crippen molar-refractivity contribution in [2.75, 3.05) is 6.61 Å². The van der Waals surface area contributed by atoms with E-state index in [4.69, 9.17) is 23.2 Å². The van der Waals surface area contributed by atoms with E-state index >= 15 is 0 Å². The average Bonchev–Trinajstić information content (AvgIpc) is 2.69. The van der Waals surface area contributed by atoms with Gasteiger partial charge in [0.2, 0.25) is 0 Å². The highest BCUT2D eigenvalue weighted by molar-refractivity contribution is 6.36. The number of hydrogen-bond donors (Lipinski definition) is 1. The number of aliphatic hydroxyl groups is 1. The summed E-state index contributed by atoms with van der Waals surface area (Å²) in [5.41, 5.74) is 0.605. The van der Waals surface area contributed by atoms with Crippen molar-refractivity contribution in [3.63, 3.8) is 0 Å². The standard InChI is InChI=1S/C11H13Cl2NO/c1-10(2)5-11(10,6-15)9-7(12)3-14-4-8(9)13/h3-4,15H,5-6H2,1-2H3. The Bertz CT molecular complexity index is 385. The summed E-state index contributed by atoms with van der Waals surface area (Å²) in [4.78, 5) is 3.92. The van der Waals surface area contributed by atoms with Gasteiger partial charge in [0, 0.05) is 23.4 Å². The van der Waals surface area contributed by atoms with Crippen LogP contribution < -0.4 is 0 Å². The number of pyridine rings is 1. The zero-order chi connectivity index (χ0) is 11.3. The first-order chi connectivity index (χ1) is 6.94. The van der Waals surface area contributed by atoms with Crippen molar-refractivity contribution < 1.29 is 5.11 Å². The van der Waals surface area contributed by atoms with Gasteiger partial charge in [-0.3, -0.25) is 4.98 Å². The van der Waals surface area contributed by atoms with Gasteiger partial charge in [0.1, 0.15) is 0 Å². The van der Waals surface area contributed by atoms with Crippen LogP contribution in [0.5, 0.6) is 0 Å². The number of aliphatic hydroxyl groups excluding tert-OH is 1. The van der Waals surface area contributed by atoms with Crippen LogP contribution in [0.4, 0.5) is 0 Å². The Hall–Kier alpha value is -0.310. The molecule has 15 heavy (non-hydrogen) atoms. The third-order valence-electron chi connectivity index (χ3n) is 3.52. The second-order valence-corrected chi connectivity index (χ2v) is 5.59. The third kappa shape index (κ3) is 1.47. The lowest BCUT2D eigenvalue weighted by molar-refractivity contribution is 0.231. The molecule has 2 nitrogen and oxygen atoms in total. The second-order valence-electron chi connectivity index (χ2n) is 4.78. The van der Waals surface area contributed by atoms with E-state index < -0.39 is 0 Å². The fraction of sp³-hybridized carbons (Fsp3) is 0.545. The summed E-state index contributed by atoms with van der Waals surface area (Å²) in [7, 11) is 0. The summed E-state index contributed by atoms with van der Waals surface area (Å²) in [5, 5.41) is 10.6. The van der Waals surface area contributed by atoms with Crippen LogP contribution in [-0.2, 0) is 5.41 Å². The molecule has 0 aromatic carbocycles. The van der Waals surface area contributed by atoms with Gasteiger partial charge in [-0.2, -0.15) is 0 Å². The molecule has 0 spiro atoms. The van der Waals surface area contributed by atoms with Gasteiger partial charge in [-0.1, -0.05) is 37.0 Å². The van der Waals surface area contributed by atoms with Crippen LogP contribution >= 0.6 is 23.2 Å². The Morgan fingerprint density at radius 3 is 2.13 bits per heavy atom. The van der Waals surface area contributed by atoms with Gasteiger partial charge in [0.05, 0.1) is 16.7 Å². The molecule has 0 aliphatic heterocycles. The highest BCUT2D eigenvalue weighted by Crippen LogP contribution is 2.66. The smallest absolute Gasteiger partial charge is 0.0642 e. The van der Waals surface area contributed by atoms with E-state index in [0.29, 0.717) is 10.0 Å². The maximum absolute atomic E-state index is 9.56. The minimum absolute atomic E-state index is 0.0520. The summed E-state index contributed by atoms with van der Waals surface area (Å²) in [6, 6.07) is 0. The molecular formula is C11H13Cl2NO. The lowest BCUT2D eigenvalue weighted by atomic mass is 9.89. The average molecular weight is 246 g/mol. The normalized spacial score (nSPS) is 27.8. The summed E-state index contributed by atoms with van der Waals surface area (Å²) < 4.78 is 0. The quantitative estimate of drug-likeness (QED) is 0.869. The molecule has 82 valence electrons. The van der Waals surface area contributed by atoms with Gasteiger partial charge in [0.15, 0.2) is 0 Å². The van der Waals surface area contributed by atoms with Crippen molar-refractivity contribution in [1.82, 2.24) is 4.98 Å². The van der Waals surface area contributed by atoms with Crippen molar-refractivity contribution in [3.8, 4) is 0 Å². The van der Waals surface area contributed by atoms with Crippen molar-refractivity contribution in [2.45, 2.75) is 25.7 Å². The predicted octanol–water partition coefficient (Wildman–Crippen LogP) is 3.05. The Morgan fingerprint density at radius 2 is 1.80 bits per heavy atom. The van der Waals surface area contributed by atoms with Crippen LogP contribution in [0.15, 0.2) is 12.4 Å². The number of rotatable bonds is 2. The van der Waals surface area contributed by atoms with Crippen molar-refractivity contribution in [1.29, 1.82) is 0 Å². The molecule has 1 aliphatic rings. The largest absolute Gasteiger partial charge is 0.395 e. The molecule has 1 N–H and O–H groups in total. The highest BCUT2D eigenvalue weighted by atomic mass is 35.5. The van der Waals surface area contributed by atoms with Crippen LogP contribution in [0.25, 0.3) is 0 Å². The van der Waals surface area contributed by atoms with E-state index in [2.05, 4.69) is 18.8 Å². The van der Waals surface area contributed by atoms with E-state index in [1.165, 1.54) is 0 Å². The lowest BCUT2D eigenvalue weighted by Gasteiger charge is -2.20. The number of halogens is 2. The Labute approximate surface area is 99.2 Å². The molecule has 1 aromatic heterocycles. The van der Waals surface area contributed by atoms with Crippen molar-refractivity contribution >= 4 is 23.2 Å². The van der Waals surface area contributed by atoms with Crippen LogP contribution in [-0.4, -0.2) is 16.7 Å². The van der Waals surface area contributed by atoms with E-state index in [1.54, 1.807) is 12.4 Å². The van der Waals surface area contributed by atoms with Crippen LogP contribution in [0, 0.1) is 5.41 Å². The molecular weight excluding hydrogens is 233 g/mol. The monoisotopic (exact) mass is 245 g/mol. The van der Waals surface area contributed by atoms with Gasteiger partial charge in [-0.05, 0) is 11.8 Å². The SMILES string of the molecule is CC1(C)CC1(CO)c1c(Cl)cncc1Cl. The molecule has 1 heterocycles. The fourth-order valence-corrected chi connectivity index (χ4v) is 3.08. The minimum Gasteiger partial charge on any atom is -0.395 e. The maximum Gasteiger partial charge on any atom is 0.0642 e. The topological polar surface area (TPSA) is 33.1 Å². The molecule has 1 atom stereocenters. The number of aromatic nitrogens is 1.